The Bertz CT molecular complexity index is 330. The van der Waals surface area contributed by atoms with E-state index in [2.05, 4.69) is 11.2 Å². The lowest BCUT2D eigenvalue weighted by Gasteiger charge is -2.20. The fourth-order valence-corrected chi connectivity index (χ4v) is 1.90. The summed E-state index contributed by atoms with van der Waals surface area (Å²) in [6.45, 7) is 5.59. The maximum atomic E-state index is 11.9. The number of amides is 2. The van der Waals surface area contributed by atoms with Crippen LogP contribution in [0.2, 0.25) is 0 Å². The molecule has 0 aromatic heterocycles. The van der Waals surface area contributed by atoms with E-state index < -0.39 is 6.04 Å². The first-order chi connectivity index (χ1) is 7.47. The zero-order valence-corrected chi connectivity index (χ0v) is 9.99. The number of likely N-dealkylation sites (tertiary alicyclic amines) is 1. The molecule has 1 aliphatic heterocycles. The molecule has 0 aliphatic carbocycles. The van der Waals surface area contributed by atoms with Gasteiger partial charge in [-0.05, 0) is 20.8 Å². The Hall–Kier alpha value is -1.34. The van der Waals surface area contributed by atoms with Crippen molar-refractivity contribution in [2.45, 2.75) is 51.7 Å². The van der Waals surface area contributed by atoms with Crippen LogP contribution >= 0.6 is 0 Å². The van der Waals surface area contributed by atoms with Crippen molar-refractivity contribution in [2.75, 3.05) is 0 Å². The monoisotopic (exact) mass is 222 g/mol. The van der Waals surface area contributed by atoms with Crippen molar-refractivity contribution in [2.24, 2.45) is 0 Å². The predicted molar refractivity (Wildman–Crippen MR) is 61.4 cm³/mol. The standard InChI is InChI=1S/C12H18N2O2/c1-5-6-9(4)13-10-7-11(15)14(8(2)3)12(10)16/h1,8-10,13H,6-7H2,2-4H3. The summed E-state index contributed by atoms with van der Waals surface area (Å²) < 4.78 is 0. The van der Waals surface area contributed by atoms with Crippen LogP contribution in [0.4, 0.5) is 0 Å². The van der Waals surface area contributed by atoms with Crippen molar-refractivity contribution in [1.82, 2.24) is 10.2 Å². The lowest BCUT2D eigenvalue weighted by molar-refractivity contribution is -0.140. The molecule has 1 heterocycles. The van der Waals surface area contributed by atoms with Crippen LogP contribution in [0.3, 0.4) is 0 Å². The minimum absolute atomic E-state index is 0.0545. The second kappa shape index (κ2) is 5.13. The topological polar surface area (TPSA) is 49.4 Å². The Morgan fingerprint density at radius 1 is 1.50 bits per heavy atom. The van der Waals surface area contributed by atoms with E-state index >= 15 is 0 Å². The van der Waals surface area contributed by atoms with Crippen LogP contribution < -0.4 is 5.32 Å². The molecule has 88 valence electrons. The van der Waals surface area contributed by atoms with Gasteiger partial charge in [0.1, 0.15) is 0 Å². The Morgan fingerprint density at radius 3 is 2.56 bits per heavy atom. The molecule has 1 fully saturated rings. The van der Waals surface area contributed by atoms with Crippen LogP contribution in [-0.4, -0.2) is 34.8 Å². The molecular formula is C12H18N2O2. The van der Waals surface area contributed by atoms with Gasteiger partial charge >= 0.3 is 0 Å². The molecule has 4 heteroatoms. The summed E-state index contributed by atoms with van der Waals surface area (Å²) >= 11 is 0. The van der Waals surface area contributed by atoms with Crippen molar-refractivity contribution in [3.63, 3.8) is 0 Å². The molecule has 2 amide bonds. The highest BCUT2D eigenvalue weighted by molar-refractivity contribution is 6.05. The number of hydrogen-bond donors (Lipinski definition) is 1. The number of terminal acetylenes is 1. The first kappa shape index (κ1) is 12.7. The molecule has 1 N–H and O–H groups in total. The average Bonchev–Trinajstić information content (AvgIpc) is 2.42. The number of carbonyl (C=O) groups is 2. The average molecular weight is 222 g/mol. The van der Waals surface area contributed by atoms with Gasteiger partial charge in [-0.25, -0.2) is 0 Å². The van der Waals surface area contributed by atoms with Crippen LogP contribution in [0.15, 0.2) is 0 Å². The first-order valence-corrected chi connectivity index (χ1v) is 5.52. The number of hydrogen-bond acceptors (Lipinski definition) is 3. The summed E-state index contributed by atoms with van der Waals surface area (Å²) in [5, 5.41) is 3.09. The van der Waals surface area contributed by atoms with Gasteiger partial charge in [0.25, 0.3) is 0 Å². The molecule has 1 saturated heterocycles. The van der Waals surface area contributed by atoms with E-state index in [4.69, 9.17) is 6.42 Å². The van der Waals surface area contributed by atoms with Crippen molar-refractivity contribution in [3.05, 3.63) is 0 Å². The SMILES string of the molecule is C#CCC(C)NC1CC(=O)N(C(C)C)C1=O. The molecule has 0 spiro atoms. The highest BCUT2D eigenvalue weighted by Crippen LogP contribution is 2.16. The van der Waals surface area contributed by atoms with Gasteiger partial charge in [-0.1, -0.05) is 0 Å². The normalized spacial score (nSPS) is 22.7. The van der Waals surface area contributed by atoms with Crippen molar-refractivity contribution >= 4 is 11.8 Å². The molecule has 1 rings (SSSR count). The quantitative estimate of drug-likeness (QED) is 0.557. The lowest BCUT2D eigenvalue weighted by atomic mass is 10.2. The lowest BCUT2D eigenvalue weighted by Crippen LogP contribution is -2.44. The van der Waals surface area contributed by atoms with Crippen LogP contribution in [0, 0.1) is 12.3 Å². The third kappa shape index (κ3) is 2.61. The Balaban J connectivity index is 2.63. The van der Waals surface area contributed by atoms with Crippen molar-refractivity contribution in [1.29, 1.82) is 0 Å². The fraction of sp³-hybridized carbons (Fsp3) is 0.667. The van der Waals surface area contributed by atoms with Gasteiger partial charge in [0, 0.05) is 18.5 Å². The largest absolute Gasteiger partial charge is 0.302 e. The van der Waals surface area contributed by atoms with E-state index in [-0.39, 0.29) is 30.3 Å². The Labute approximate surface area is 96.4 Å². The molecule has 16 heavy (non-hydrogen) atoms. The molecule has 0 saturated carbocycles. The van der Waals surface area contributed by atoms with Gasteiger partial charge in [0.2, 0.25) is 11.8 Å². The summed E-state index contributed by atoms with van der Waals surface area (Å²) in [5.41, 5.74) is 0. The third-order valence-corrected chi connectivity index (χ3v) is 2.61. The van der Waals surface area contributed by atoms with Gasteiger partial charge in [-0.3, -0.25) is 14.5 Å². The number of carbonyl (C=O) groups excluding carboxylic acids is 2. The van der Waals surface area contributed by atoms with Gasteiger partial charge in [-0.15, -0.1) is 12.3 Å². The second-order valence-corrected chi connectivity index (χ2v) is 4.43. The minimum Gasteiger partial charge on any atom is -0.302 e. The zero-order chi connectivity index (χ0) is 12.3. The Morgan fingerprint density at radius 2 is 2.12 bits per heavy atom. The number of imide groups is 1. The summed E-state index contributed by atoms with van der Waals surface area (Å²) in [7, 11) is 0. The number of nitrogens with zero attached hydrogens (tertiary/aromatic N) is 1. The van der Waals surface area contributed by atoms with Crippen LogP contribution in [-0.2, 0) is 9.59 Å². The third-order valence-electron chi connectivity index (χ3n) is 2.61. The highest BCUT2D eigenvalue weighted by Gasteiger charge is 2.39. The van der Waals surface area contributed by atoms with E-state index in [1.165, 1.54) is 4.90 Å². The van der Waals surface area contributed by atoms with E-state index in [0.717, 1.165) is 0 Å². The summed E-state index contributed by atoms with van der Waals surface area (Å²) in [4.78, 5) is 24.8. The molecule has 2 atom stereocenters. The summed E-state index contributed by atoms with van der Waals surface area (Å²) in [5.74, 6) is 2.29. The zero-order valence-electron chi connectivity index (χ0n) is 9.99. The van der Waals surface area contributed by atoms with E-state index in [0.29, 0.717) is 6.42 Å². The van der Waals surface area contributed by atoms with Crippen LogP contribution in [0.5, 0.6) is 0 Å². The van der Waals surface area contributed by atoms with Crippen molar-refractivity contribution < 1.29 is 9.59 Å². The smallest absolute Gasteiger partial charge is 0.247 e. The van der Waals surface area contributed by atoms with E-state index in [1.54, 1.807) is 0 Å². The van der Waals surface area contributed by atoms with Gasteiger partial charge in [0.05, 0.1) is 12.5 Å². The van der Waals surface area contributed by atoms with E-state index in [9.17, 15) is 9.59 Å². The van der Waals surface area contributed by atoms with Crippen LogP contribution in [0.25, 0.3) is 0 Å². The van der Waals surface area contributed by atoms with Crippen molar-refractivity contribution in [3.8, 4) is 12.3 Å². The minimum atomic E-state index is -0.404. The van der Waals surface area contributed by atoms with E-state index in [1.807, 2.05) is 20.8 Å². The Kier molecular flexibility index (Phi) is 4.08. The highest BCUT2D eigenvalue weighted by atomic mass is 16.2. The van der Waals surface area contributed by atoms with Crippen LogP contribution in [0.1, 0.15) is 33.6 Å². The molecule has 0 bridgehead atoms. The molecule has 4 nitrogen and oxygen atoms in total. The maximum Gasteiger partial charge on any atom is 0.247 e. The molecular weight excluding hydrogens is 204 g/mol. The summed E-state index contributed by atoms with van der Waals surface area (Å²) in [6.07, 6.45) is 5.99. The second-order valence-electron chi connectivity index (χ2n) is 4.43. The van der Waals surface area contributed by atoms with Gasteiger partial charge in [-0.2, -0.15) is 0 Å². The fourth-order valence-electron chi connectivity index (χ4n) is 1.90. The number of rotatable bonds is 4. The maximum absolute atomic E-state index is 11.9. The molecule has 1 aliphatic rings. The van der Waals surface area contributed by atoms with Gasteiger partial charge < -0.3 is 5.32 Å². The molecule has 0 radical (unpaired) electrons. The first-order valence-electron chi connectivity index (χ1n) is 5.52. The molecule has 2 unspecified atom stereocenters. The number of nitrogens with one attached hydrogen (secondary N) is 1. The molecule has 0 aromatic carbocycles. The summed E-state index contributed by atoms with van der Waals surface area (Å²) in [6, 6.07) is -0.424. The predicted octanol–water partition coefficient (Wildman–Crippen LogP) is 0.524. The van der Waals surface area contributed by atoms with Gasteiger partial charge in [0.15, 0.2) is 0 Å². The molecule has 0 aromatic rings.